The Bertz CT molecular complexity index is 1240. The van der Waals surface area contributed by atoms with E-state index in [1.807, 2.05) is 43.3 Å². The van der Waals surface area contributed by atoms with Crippen LogP contribution in [0.15, 0.2) is 54.6 Å². The van der Waals surface area contributed by atoms with Crippen LogP contribution in [0.1, 0.15) is 24.2 Å². The molecule has 1 aromatic heterocycles. The molecule has 1 N–H and O–H groups in total. The van der Waals surface area contributed by atoms with Gasteiger partial charge in [0, 0.05) is 5.69 Å². The number of hydrogen-bond donors (Lipinski definition) is 1. The van der Waals surface area contributed by atoms with E-state index in [-0.39, 0.29) is 11.6 Å². The van der Waals surface area contributed by atoms with Gasteiger partial charge in [-0.2, -0.15) is 4.68 Å². The standard InChI is InChI=1S/C22H20FN5O2/c1-13(15-4-5-17-11-19(30-3)8-6-16(17)10-15)22(29)24-18-7-9-20(23)21(12-18)28-14(2)25-26-27-28/h4-13H,1-3H3,(H,24,29)/t13-/m0/s1. The first kappa shape index (κ1) is 19.5. The molecule has 0 aliphatic rings. The van der Waals surface area contributed by atoms with Gasteiger partial charge in [-0.1, -0.05) is 24.3 Å². The lowest BCUT2D eigenvalue weighted by atomic mass is 9.97. The summed E-state index contributed by atoms with van der Waals surface area (Å²) < 4.78 is 20.8. The van der Waals surface area contributed by atoms with E-state index in [2.05, 4.69) is 20.8 Å². The Morgan fingerprint density at radius 2 is 1.87 bits per heavy atom. The van der Waals surface area contributed by atoms with Gasteiger partial charge in [-0.15, -0.1) is 5.10 Å². The van der Waals surface area contributed by atoms with Crippen molar-refractivity contribution in [3.63, 3.8) is 0 Å². The van der Waals surface area contributed by atoms with Crippen molar-refractivity contribution < 1.29 is 13.9 Å². The third kappa shape index (κ3) is 3.71. The van der Waals surface area contributed by atoms with Crippen LogP contribution in [0.5, 0.6) is 5.75 Å². The molecule has 4 rings (SSSR count). The summed E-state index contributed by atoms with van der Waals surface area (Å²) in [4.78, 5) is 12.8. The molecule has 8 heteroatoms. The van der Waals surface area contributed by atoms with E-state index in [9.17, 15) is 9.18 Å². The fraction of sp³-hybridized carbons (Fsp3) is 0.182. The van der Waals surface area contributed by atoms with Gasteiger partial charge in [0.25, 0.3) is 0 Å². The highest BCUT2D eigenvalue weighted by Crippen LogP contribution is 2.26. The lowest BCUT2D eigenvalue weighted by Crippen LogP contribution is -2.19. The van der Waals surface area contributed by atoms with E-state index in [1.165, 1.54) is 22.9 Å². The Morgan fingerprint density at radius 1 is 1.10 bits per heavy atom. The number of benzene rings is 3. The molecule has 0 aliphatic heterocycles. The maximum atomic E-state index is 14.2. The molecule has 30 heavy (non-hydrogen) atoms. The molecule has 1 atom stereocenters. The molecule has 152 valence electrons. The zero-order valence-electron chi connectivity index (χ0n) is 16.8. The predicted molar refractivity (Wildman–Crippen MR) is 111 cm³/mol. The van der Waals surface area contributed by atoms with Gasteiger partial charge in [0.05, 0.1) is 13.0 Å². The minimum Gasteiger partial charge on any atom is -0.497 e. The number of anilines is 1. The predicted octanol–water partition coefficient (Wildman–Crippen LogP) is 4.01. The van der Waals surface area contributed by atoms with Crippen LogP contribution in [0.25, 0.3) is 16.5 Å². The monoisotopic (exact) mass is 405 g/mol. The van der Waals surface area contributed by atoms with E-state index in [1.54, 1.807) is 14.0 Å². The number of aryl methyl sites for hydroxylation is 1. The van der Waals surface area contributed by atoms with Gasteiger partial charge in [-0.05, 0) is 70.9 Å². The van der Waals surface area contributed by atoms with Gasteiger partial charge >= 0.3 is 0 Å². The number of carbonyl (C=O) groups excluding carboxylic acids is 1. The fourth-order valence-corrected chi connectivity index (χ4v) is 3.25. The van der Waals surface area contributed by atoms with Gasteiger partial charge in [0.2, 0.25) is 5.91 Å². The Morgan fingerprint density at radius 3 is 2.60 bits per heavy atom. The van der Waals surface area contributed by atoms with E-state index in [4.69, 9.17) is 4.74 Å². The summed E-state index contributed by atoms with van der Waals surface area (Å²) in [5, 5.41) is 16.0. The first-order valence-corrected chi connectivity index (χ1v) is 9.40. The summed E-state index contributed by atoms with van der Waals surface area (Å²) >= 11 is 0. The Kier molecular flexibility index (Phi) is 5.14. The third-order valence-electron chi connectivity index (χ3n) is 5.03. The summed E-state index contributed by atoms with van der Waals surface area (Å²) in [5.74, 6) is 0.138. The second-order valence-corrected chi connectivity index (χ2v) is 6.99. The number of fused-ring (bicyclic) bond motifs is 1. The summed E-state index contributed by atoms with van der Waals surface area (Å²) in [6, 6.07) is 16.0. The van der Waals surface area contributed by atoms with Crippen molar-refractivity contribution in [1.82, 2.24) is 20.2 Å². The van der Waals surface area contributed by atoms with Crippen molar-refractivity contribution in [2.75, 3.05) is 12.4 Å². The van der Waals surface area contributed by atoms with Crippen molar-refractivity contribution >= 4 is 22.4 Å². The minimum atomic E-state index is -0.485. The Labute approximate surface area is 172 Å². The zero-order valence-corrected chi connectivity index (χ0v) is 16.8. The molecule has 0 unspecified atom stereocenters. The van der Waals surface area contributed by atoms with Crippen molar-refractivity contribution in [3.8, 4) is 11.4 Å². The molecule has 0 saturated carbocycles. The average molecular weight is 405 g/mol. The summed E-state index contributed by atoms with van der Waals surface area (Å²) in [6.07, 6.45) is 0. The second kappa shape index (κ2) is 7.90. The second-order valence-electron chi connectivity index (χ2n) is 6.99. The highest BCUT2D eigenvalue weighted by molar-refractivity contribution is 5.96. The van der Waals surface area contributed by atoms with E-state index in [0.29, 0.717) is 11.5 Å². The van der Waals surface area contributed by atoms with Gasteiger partial charge in [-0.25, -0.2) is 4.39 Å². The number of nitrogens with zero attached hydrogens (tertiary/aromatic N) is 4. The first-order chi connectivity index (χ1) is 14.5. The quantitative estimate of drug-likeness (QED) is 0.542. The zero-order chi connectivity index (χ0) is 21.3. The third-order valence-corrected chi connectivity index (χ3v) is 5.03. The number of halogens is 1. The molecule has 0 aliphatic carbocycles. The van der Waals surface area contributed by atoms with Gasteiger partial charge in [-0.3, -0.25) is 4.79 Å². The topological polar surface area (TPSA) is 81.9 Å². The maximum Gasteiger partial charge on any atom is 0.231 e. The van der Waals surface area contributed by atoms with Crippen molar-refractivity contribution in [1.29, 1.82) is 0 Å². The molecule has 1 heterocycles. The number of nitrogens with one attached hydrogen (secondary N) is 1. The van der Waals surface area contributed by atoms with Crippen molar-refractivity contribution in [3.05, 3.63) is 71.8 Å². The van der Waals surface area contributed by atoms with Gasteiger partial charge in [0.15, 0.2) is 5.82 Å². The molecule has 1 amide bonds. The number of carbonyl (C=O) groups is 1. The number of rotatable bonds is 5. The summed E-state index contributed by atoms with van der Waals surface area (Å²) in [6.45, 7) is 3.50. The first-order valence-electron chi connectivity index (χ1n) is 9.40. The number of aromatic nitrogens is 4. The van der Waals surface area contributed by atoms with Crippen LogP contribution in [-0.4, -0.2) is 33.2 Å². The highest BCUT2D eigenvalue weighted by atomic mass is 19.1. The van der Waals surface area contributed by atoms with Crippen LogP contribution >= 0.6 is 0 Å². The molecular weight excluding hydrogens is 385 g/mol. The lowest BCUT2D eigenvalue weighted by molar-refractivity contribution is -0.117. The molecule has 0 spiro atoms. The lowest BCUT2D eigenvalue weighted by Gasteiger charge is -2.14. The largest absolute Gasteiger partial charge is 0.497 e. The number of tetrazole rings is 1. The van der Waals surface area contributed by atoms with Gasteiger partial charge in [0.1, 0.15) is 17.3 Å². The molecular formula is C22H20FN5O2. The minimum absolute atomic E-state index is 0.169. The maximum absolute atomic E-state index is 14.2. The molecule has 4 aromatic rings. The Hall–Kier alpha value is -3.81. The molecule has 0 saturated heterocycles. The summed E-state index contributed by atoms with van der Waals surface area (Å²) in [7, 11) is 1.63. The number of methoxy groups -OCH3 is 1. The van der Waals surface area contributed by atoms with Gasteiger partial charge < -0.3 is 10.1 Å². The van der Waals surface area contributed by atoms with Crippen molar-refractivity contribution in [2.24, 2.45) is 0 Å². The van der Waals surface area contributed by atoms with Crippen LogP contribution < -0.4 is 10.1 Å². The van der Waals surface area contributed by atoms with Crippen LogP contribution in [0, 0.1) is 12.7 Å². The Balaban J connectivity index is 1.56. The van der Waals surface area contributed by atoms with Crippen LogP contribution in [-0.2, 0) is 4.79 Å². The smallest absolute Gasteiger partial charge is 0.231 e. The van der Waals surface area contributed by atoms with Crippen LogP contribution in [0.2, 0.25) is 0 Å². The molecule has 0 fully saturated rings. The van der Waals surface area contributed by atoms with E-state index >= 15 is 0 Å². The van der Waals surface area contributed by atoms with Crippen LogP contribution in [0.3, 0.4) is 0 Å². The summed E-state index contributed by atoms with van der Waals surface area (Å²) in [5.41, 5.74) is 1.51. The SMILES string of the molecule is COc1ccc2cc([C@H](C)C(=O)Nc3ccc(F)c(-n4nnnc4C)c3)ccc2c1. The molecule has 0 bridgehead atoms. The molecule has 3 aromatic carbocycles. The number of ether oxygens (including phenoxy) is 1. The van der Waals surface area contributed by atoms with Crippen molar-refractivity contribution in [2.45, 2.75) is 19.8 Å². The number of hydrogen-bond acceptors (Lipinski definition) is 5. The fourth-order valence-electron chi connectivity index (χ4n) is 3.25. The van der Waals surface area contributed by atoms with E-state index < -0.39 is 11.7 Å². The normalized spacial score (nSPS) is 12.0. The number of amides is 1. The molecule has 0 radical (unpaired) electrons. The van der Waals surface area contributed by atoms with E-state index in [0.717, 1.165) is 22.1 Å². The average Bonchev–Trinajstić information content (AvgIpc) is 3.19. The van der Waals surface area contributed by atoms with Crippen LogP contribution in [0.4, 0.5) is 10.1 Å². The highest BCUT2D eigenvalue weighted by Gasteiger charge is 2.17. The molecule has 7 nitrogen and oxygen atoms in total.